The van der Waals surface area contributed by atoms with Crippen LogP contribution >= 0.6 is 0 Å². The summed E-state index contributed by atoms with van der Waals surface area (Å²) in [5, 5.41) is 4.67. The number of fused-ring (bicyclic) bond motifs is 1. The summed E-state index contributed by atoms with van der Waals surface area (Å²) in [6.07, 6.45) is 3.72. The van der Waals surface area contributed by atoms with Crippen molar-refractivity contribution < 1.29 is 14.4 Å². The zero-order valence-corrected chi connectivity index (χ0v) is 14.4. The summed E-state index contributed by atoms with van der Waals surface area (Å²) in [7, 11) is 0. The molecule has 0 saturated carbocycles. The molecule has 2 saturated heterocycles. The molecule has 4 amide bonds. The first-order valence-electron chi connectivity index (χ1n) is 8.82. The van der Waals surface area contributed by atoms with Gasteiger partial charge in [0, 0.05) is 36.3 Å². The predicted octanol–water partition coefficient (Wildman–Crippen LogP) is 1.49. The molecule has 1 N–H and O–H groups in total. The van der Waals surface area contributed by atoms with Crippen LogP contribution in [0.3, 0.4) is 0 Å². The third kappa shape index (κ3) is 3.12. The van der Waals surface area contributed by atoms with Crippen LogP contribution in [0.1, 0.15) is 24.5 Å². The maximum absolute atomic E-state index is 12.6. The number of nitrogens with one attached hydrogen (secondary N) is 1. The second-order valence-corrected chi connectivity index (χ2v) is 6.77. The van der Waals surface area contributed by atoms with Crippen molar-refractivity contribution in [3.8, 4) is 0 Å². The van der Waals surface area contributed by atoms with Crippen LogP contribution in [0.15, 0.2) is 36.5 Å². The van der Waals surface area contributed by atoms with Crippen molar-refractivity contribution in [1.82, 2.24) is 20.1 Å². The van der Waals surface area contributed by atoms with E-state index in [1.54, 1.807) is 4.90 Å². The number of amides is 4. The zero-order valence-electron chi connectivity index (χ0n) is 14.4. The highest BCUT2D eigenvalue weighted by atomic mass is 16.2. The number of nitrogens with zero attached hydrogens (tertiary/aromatic N) is 3. The molecule has 3 heterocycles. The second kappa shape index (κ2) is 6.74. The van der Waals surface area contributed by atoms with E-state index in [2.05, 4.69) is 22.4 Å². The van der Waals surface area contributed by atoms with E-state index < -0.39 is 6.03 Å². The Morgan fingerprint density at radius 1 is 1.23 bits per heavy atom. The monoisotopic (exact) mass is 352 g/mol. The van der Waals surface area contributed by atoms with Gasteiger partial charge in [0.15, 0.2) is 0 Å². The smallest absolute Gasteiger partial charge is 0.325 e. The van der Waals surface area contributed by atoms with Gasteiger partial charge < -0.3 is 10.2 Å². The Bertz CT molecular complexity index is 866. The molecule has 0 spiro atoms. The van der Waals surface area contributed by atoms with E-state index in [0.717, 1.165) is 34.2 Å². The van der Waals surface area contributed by atoms with E-state index in [0.29, 0.717) is 13.1 Å². The quantitative estimate of drug-likeness (QED) is 0.849. The summed E-state index contributed by atoms with van der Waals surface area (Å²) < 4.78 is 0. The molecule has 0 bridgehead atoms. The van der Waals surface area contributed by atoms with Crippen LogP contribution in [0.25, 0.3) is 10.8 Å². The largest absolute Gasteiger partial charge is 0.340 e. The van der Waals surface area contributed by atoms with Gasteiger partial charge in [-0.2, -0.15) is 0 Å². The molecule has 7 heteroatoms. The summed E-state index contributed by atoms with van der Waals surface area (Å²) in [6.45, 7) is 0.985. The number of likely N-dealkylation sites (tertiary alicyclic amines) is 1. The Morgan fingerprint density at radius 2 is 2.04 bits per heavy atom. The normalized spacial score (nSPS) is 20.5. The number of aromatic nitrogens is 1. The van der Waals surface area contributed by atoms with Crippen LogP contribution in [0.4, 0.5) is 4.79 Å². The fraction of sp³-hybridized carbons (Fsp3) is 0.368. The molecule has 26 heavy (non-hydrogen) atoms. The third-order valence-corrected chi connectivity index (χ3v) is 5.07. The van der Waals surface area contributed by atoms with E-state index in [4.69, 9.17) is 0 Å². The van der Waals surface area contributed by atoms with Crippen LogP contribution in [0.2, 0.25) is 0 Å². The molecule has 1 aromatic heterocycles. The van der Waals surface area contributed by atoms with Gasteiger partial charge in [0.25, 0.3) is 5.91 Å². The van der Waals surface area contributed by atoms with E-state index in [9.17, 15) is 14.4 Å². The van der Waals surface area contributed by atoms with Crippen molar-refractivity contribution in [2.45, 2.75) is 18.8 Å². The van der Waals surface area contributed by atoms with Gasteiger partial charge in [0.1, 0.15) is 6.54 Å². The zero-order chi connectivity index (χ0) is 18.1. The van der Waals surface area contributed by atoms with Gasteiger partial charge in [0.05, 0.1) is 6.54 Å². The van der Waals surface area contributed by atoms with Crippen molar-refractivity contribution in [1.29, 1.82) is 0 Å². The molecule has 2 aliphatic rings. The minimum atomic E-state index is -0.492. The molecule has 2 aromatic rings. The second-order valence-electron chi connectivity index (χ2n) is 6.77. The summed E-state index contributed by atoms with van der Waals surface area (Å²) in [5.74, 6) is -0.380. The number of piperidine rings is 1. The van der Waals surface area contributed by atoms with E-state index in [-0.39, 0.29) is 30.8 Å². The molecular weight excluding hydrogens is 332 g/mol. The molecule has 2 fully saturated rings. The molecule has 0 radical (unpaired) electrons. The number of benzene rings is 1. The van der Waals surface area contributed by atoms with E-state index in [1.165, 1.54) is 0 Å². The van der Waals surface area contributed by atoms with Crippen LogP contribution in [-0.2, 0) is 9.59 Å². The lowest BCUT2D eigenvalue weighted by molar-refractivity contribution is -0.137. The number of hydrogen-bond donors (Lipinski definition) is 1. The number of carbonyl (C=O) groups is 3. The van der Waals surface area contributed by atoms with Crippen molar-refractivity contribution in [3.63, 3.8) is 0 Å². The molecule has 1 aromatic carbocycles. The highest BCUT2D eigenvalue weighted by Gasteiger charge is 2.33. The summed E-state index contributed by atoms with van der Waals surface area (Å²) >= 11 is 0. The topological polar surface area (TPSA) is 82.6 Å². The molecule has 0 unspecified atom stereocenters. The average Bonchev–Trinajstić information content (AvgIpc) is 2.99. The number of carbonyl (C=O) groups excluding carboxylic acids is 3. The maximum atomic E-state index is 12.6. The molecule has 1 atom stereocenters. The standard InChI is InChI=1S/C19H20N4O3/c24-17-10-21-19(26)23(17)12-18(25)22-7-3-6-15(11-22)16-8-13-4-1-2-5-14(13)9-20-16/h1-2,4-5,8-9,15H,3,6-7,10-12H2,(H,21,26)/t15-/m1/s1. The van der Waals surface area contributed by atoms with Crippen molar-refractivity contribution in [2.75, 3.05) is 26.2 Å². The van der Waals surface area contributed by atoms with Crippen molar-refractivity contribution in [2.24, 2.45) is 0 Å². The minimum absolute atomic E-state index is 0.0320. The third-order valence-electron chi connectivity index (χ3n) is 5.07. The molecule has 134 valence electrons. The van der Waals surface area contributed by atoms with Gasteiger partial charge >= 0.3 is 6.03 Å². The highest BCUT2D eigenvalue weighted by molar-refractivity contribution is 6.04. The molecule has 7 nitrogen and oxygen atoms in total. The number of rotatable bonds is 3. The Hall–Kier alpha value is -2.96. The number of imide groups is 1. The van der Waals surface area contributed by atoms with Gasteiger partial charge in [-0.25, -0.2) is 4.79 Å². The van der Waals surface area contributed by atoms with Crippen LogP contribution in [0, 0.1) is 0 Å². The van der Waals surface area contributed by atoms with Crippen LogP contribution in [-0.4, -0.2) is 58.8 Å². The fourth-order valence-corrected chi connectivity index (χ4v) is 3.62. The van der Waals surface area contributed by atoms with E-state index >= 15 is 0 Å². The summed E-state index contributed by atoms with van der Waals surface area (Å²) in [4.78, 5) is 43.2. The lowest BCUT2D eigenvalue weighted by Crippen LogP contribution is -2.46. The summed E-state index contributed by atoms with van der Waals surface area (Å²) in [5.41, 5.74) is 0.983. The first-order chi connectivity index (χ1) is 12.6. The Morgan fingerprint density at radius 3 is 2.81 bits per heavy atom. The Labute approximate surface area is 151 Å². The van der Waals surface area contributed by atoms with Crippen molar-refractivity contribution >= 4 is 28.6 Å². The van der Waals surface area contributed by atoms with Gasteiger partial charge in [0.2, 0.25) is 5.91 Å². The molecule has 2 aliphatic heterocycles. The molecule has 4 rings (SSSR count). The predicted molar refractivity (Wildman–Crippen MR) is 95.4 cm³/mol. The first kappa shape index (κ1) is 16.5. The Balaban J connectivity index is 1.47. The van der Waals surface area contributed by atoms with Crippen molar-refractivity contribution in [3.05, 3.63) is 42.2 Å². The van der Waals surface area contributed by atoms with Crippen LogP contribution < -0.4 is 5.32 Å². The SMILES string of the molecule is O=C(CN1C(=O)CNC1=O)N1CCC[C@@H](c2cc3ccccc3cn2)C1. The molecular formula is C19H20N4O3. The summed E-state index contributed by atoms with van der Waals surface area (Å²) in [6, 6.07) is 9.67. The van der Waals surface area contributed by atoms with Gasteiger partial charge in [-0.3, -0.25) is 19.5 Å². The molecule has 0 aliphatic carbocycles. The number of urea groups is 1. The van der Waals surface area contributed by atoms with Gasteiger partial charge in [-0.15, -0.1) is 0 Å². The lowest BCUT2D eigenvalue weighted by Gasteiger charge is -2.33. The number of pyridine rings is 1. The highest BCUT2D eigenvalue weighted by Crippen LogP contribution is 2.27. The van der Waals surface area contributed by atoms with E-state index in [1.807, 2.05) is 24.4 Å². The average molecular weight is 352 g/mol. The van der Waals surface area contributed by atoms with Gasteiger partial charge in [-0.05, 0) is 24.3 Å². The van der Waals surface area contributed by atoms with Gasteiger partial charge in [-0.1, -0.05) is 24.3 Å². The maximum Gasteiger partial charge on any atom is 0.325 e. The van der Waals surface area contributed by atoms with Crippen LogP contribution in [0.5, 0.6) is 0 Å². The minimum Gasteiger partial charge on any atom is -0.340 e. The number of hydrogen-bond acceptors (Lipinski definition) is 4. The first-order valence-corrected chi connectivity index (χ1v) is 8.82. The Kier molecular flexibility index (Phi) is 4.28. The lowest BCUT2D eigenvalue weighted by atomic mass is 9.93. The fourth-order valence-electron chi connectivity index (χ4n) is 3.62.